The Kier molecular flexibility index (Phi) is 3.61. The molecule has 102 valence electrons. The first-order chi connectivity index (χ1) is 9.22. The van der Waals surface area contributed by atoms with Gasteiger partial charge in [-0.3, -0.25) is 4.79 Å². The van der Waals surface area contributed by atoms with Gasteiger partial charge in [-0.2, -0.15) is 0 Å². The van der Waals surface area contributed by atoms with Crippen LogP contribution in [0.2, 0.25) is 0 Å². The first kappa shape index (κ1) is 12.7. The van der Waals surface area contributed by atoms with E-state index in [1.54, 1.807) is 0 Å². The van der Waals surface area contributed by atoms with Gasteiger partial charge in [0.15, 0.2) is 11.5 Å². The van der Waals surface area contributed by atoms with Gasteiger partial charge in [0.2, 0.25) is 12.7 Å². The van der Waals surface area contributed by atoms with E-state index in [4.69, 9.17) is 9.47 Å². The molecule has 1 aromatic carbocycles. The summed E-state index contributed by atoms with van der Waals surface area (Å²) < 4.78 is 11.7. The average Bonchev–Trinajstić information content (AvgIpc) is 2.98. The van der Waals surface area contributed by atoms with Crippen molar-refractivity contribution in [1.29, 1.82) is 0 Å². The van der Waals surface area contributed by atoms with E-state index in [1.807, 2.05) is 12.1 Å². The van der Waals surface area contributed by atoms with Crippen molar-refractivity contribution >= 4 is 21.8 Å². The molecule has 2 aliphatic heterocycles. The molecule has 0 spiro atoms. The van der Waals surface area contributed by atoms with Gasteiger partial charge in [-0.05, 0) is 24.1 Å². The molecule has 2 heterocycles. The number of rotatable bonds is 4. The molecule has 0 aromatic heterocycles. The highest BCUT2D eigenvalue weighted by molar-refractivity contribution is 9.10. The van der Waals surface area contributed by atoms with Crippen LogP contribution in [0, 0.1) is 0 Å². The number of hydrogen-bond donors (Lipinski definition) is 2. The summed E-state index contributed by atoms with van der Waals surface area (Å²) in [6, 6.07) is 4.16. The molecule has 0 saturated carbocycles. The van der Waals surface area contributed by atoms with Crippen molar-refractivity contribution < 1.29 is 14.3 Å². The second-order valence-corrected chi connectivity index (χ2v) is 5.59. The molecule has 1 fully saturated rings. The maximum Gasteiger partial charge on any atom is 0.231 e. The van der Waals surface area contributed by atoms with Crippen LogP contribution in [-0.2, 0) is 11.3 Å². The van der Waals surface area contributed by atoms with E-state index in [0.29, 0.717) is 6.42 Å². The third-order valence-corrected chi connectivity index (χ3v) is 4.07. The largest absolute Gasteiger partial charge is 0.454 e. The number of carbonyl (C=O) groups excluding carboxylic acids is 1. The monoisotopic (exact) mass is 326 g/mol. The van der Waals surface area contributed by atoms with Crippen LogP contribution in [0.3, 0.4) is 0 Å². The second kappa shape index (κ2) is 5.38. The minimum Gasteiger partial charge on any atom is -0.454 e. The zero-order valence-corrected chi connectivity index (χ0v) is 12.0. The van der Waals surface area contributed by atoms with Gasteiger partial charge in [0.25, 0.3) is 0 Å². The lowest BCUT2D eigenvalue weighted by molar-refractivity contribution is -0.119. The van der Waals surface area contributed by atoms with E-state index >= 15 is 0 Å². The molecule has 0 aliphatic carbocycles. The lowest BCUT2D eigenvalue weighted by Crippen LogP contribution is -2.35. The topological polar surface area (TPSA) is 59.6 Å². The third kappa shape index (κ3) is 2.84. The fourth-order valence-electron chi connectivity index (χ4n) is 2.31. The van der Waals surface area contributed by atoms with Crippen LogP contribution in [0.4, 0.5) is 0 Å². The van der Waals surface area contributed by atoms with E-state index in [-0.39, 0.29) is 18.7 Å². The Bertz CT molecular complexity index is 507. The summed E-state index contributed by atoms with van der Waals surface area (Å²) in [4.78, 5) is 11.1. The van der Waals surface area contributed by atoms with Crippen LogP contribution < -0.4 is 20.1 Å². The summed E-state index contributed by atoms with van der Waals surface area (Å²) in [6.45, 7) is 1.79. The maximum atomic E-state index is 11.1. The van der Waals surface area contributed by atoms with Gasteiger partial charge in [-0.1, -0.05) is 15.9 Å². The first-order valence-electron chi connectivity index (χ1n) is 6.30. The zero-order valence-electron chi connectivity index (χ0n) is 10.4. The van der Waals surface area contributed by atoms with Gasteiger partial charge >= 0.3 is 0 Å². The van der Waals surface area contributed by atoms with Gasteiger partial charge in [0.1, 0.15) is 0 Å². The van der Waals surface area contributed by atoms with Crippen LogP contribution >= 0.6 is 15.9 Å². The summed E-state index contributed by atoms with van der Waals surface area (Å²) in [6.07, 6.45) is 1.55. The standard InChI is InChI=1S/C13H15BrN2O3/c14-10-4-12-11(18-7-19-12)3-8(10)5-15-6-9-1-2-13(17)16-9/h3-4,9,15H,1-2,5-7H2,(H,16,17). The molecular formula is C13H15BrN2O3. The highest BCUT2D eigenvalue weighted by Crippen LogP contribution is 2.36. The van der Waals surface area contributed by atoms with Gasteiger partial charge in [-0.25, -0.2) is 0 Å². The van der Waals surface area contributed by atoms with Crippen molar-refractivity contribution in [3.63, 3.8) is 0 Å². The quantitative estimate of drug-likeness (QED) is 0.881. The zero-order chi connectivity index (χ0) is 13.2. The minimum absolute atomic E-state index is 0.149. The number of hydrogen-bond acceptors (Lipinski definition) is 4. The first-order valence-corrected chi connectivity index (χ1v) is 7.10. The molecule has 3 rings (SSSR count). The summed E-state index contributed by atoms with van der Waals surface area (Å²) >= 11 is 3.53. The number of fused-ring (bicyclic) bond motifs is 1. The fraction of sp³-hybridized carbons (Fsp3) is 0.462. The smallest absolute Gasteiger partial charge is 0.231 e. The Labute approximate surface area is 119 Å². The molecule has 19 heavy (non-hydrogen) atoms. The fourth-order valence-corrected chi connectivity index (χ4v) is 2.77. The number of halogens is 1. The summed E-state index contributed by atoms with van der Waals surface area (Å²) in [5.74, 6) is 1.71. The Hall–Kier alpha value is -1.27. The van der Waals surface area contributed by atoms with E-state index in [2.05, 4.69) is 26.6 Å². The van der Waals surface area contributed by atoms with Crippen LogP contribution in [0.1, 0.15) is 18.4 Å². The number of benzene rings is 1. The molecule has 1 saturated heterocycles. The van der Waals surface area contributed by atoms with Crippen molar-refractivity contribution in [3.8, 4) is 11.5 Å². The normalized spacial score (nSPS) is 20.7. The molecule has 0 radical (unpaired) electrons. The number of carbonyl (C=O) groups is 1. The van der Waals surface area contributed by atoms with Gasteiger partial charge in [0.05, 0.1) is 0 Å². The second-order valence-electron chi connectivity index (χ2n) is 4.73. The molecule has 2 aliphatic rings. The summed E-state index contributed by atoms with van der Waals surface area (Å²) in [5, 5.41) is 6.29. The average molecular weight is 327 g/mol. The van der Waals surface area contributed by atoms with E-state index in [1.165, 1.54) is 0 Å². The lowest BCUT2D eigenvalue weighted by atomic mass is 10.2. The van der Waals surface area contributed by atoms with E-state index in [9.17, 15) is 4.79 Å². The molecule has 1 unspecified atom stereocenters. The van der Waals surface area contributed by atoms with E-state index < -0.39 is 0 Å². The molecule has 6 heteroatoms. The van der Waals surface area contributed by atoms with Crippen molar-refractivity contribution in [3.05, 3.63) is 22.2 Å². The summed E-state index contributed by atoms with van der Waals surface area (Å²) in [7, 11) is 0. The summed E-state index contributed by atoms with van der Waals surface area (Å²) in [5.41, 5.74) is 1.12. The van der Waals surface area contributed by atoms with Gasteiger partial charge in [0, 0.05) is 30.0 Å². The van der Waals surface area contributed by atoms with Crippen LogP contribution in [0.5, 0.6) is 11.5 Å². The predicted molar refractivity (Wildman–Crippen MR) is 73.1 cm³/mol. The Morgan fingerprint density at radius 2 is 2.16 bits per heavy atom. The van der Waals surface area contributed by atoms with Crippen LogP contribution in [0.15, 0.2) is 16.6 Å². The van der Waals surface area contributed by atoms with Crippen LogP contribution in [-0.4, -0.2) is 25.3 Å². The molecule has 1 aromatic rings. The lowest BCUT2D eigenvalue weighted by Gasteiger charge is -2.12. The highest BCUT2D eigenvalue weighted by Gasteiger charge is 2.20. The molecule has 2 N–H and O–H groups in total. The molecular weight excluding hydrogens is 312 g/mol. The molecule has 5 nitrogen and oxygen atoms in total. The van der Waals surface area contributed by atoms with Gasteiger partial charge in [-0.15, -0.1) is 0 Å². The molecule has 1 amide bonds. The Balaban J connectivity index is 1.56. The Morgan fingerprint density at radius 3 is 2.89 bits per heavy atom. The Morgan fingerprint density at radius 1 is 1.37 bits per heavy atom. The SMILES string of the molecule is O=C1CCC(CNCc2cc3c(cc2Br)OCO3)N1. The number of ether oxygens (including phenoxy) is 2. The number of amides is 1. The maximum absolute atomic E-state index is 11.1. The van der Waals surface area contributed by atoms with Crippen molar-refractivity contribution in [1.82, 2.24) is 10.6 Å². The van der Waals surface area contributed by atoms with Crippen molar-refractivity contribution in [2.24, 2.45) is 0 Å². The molecule has 0 bridgehead atoms. The molecule has 1 atom stereocenters. The van der Waals surface area contributed by atoms with Crippen molar-refractivity contribution in [2.75, 3.05) is 13.3 Å². The highest BCUT2D eigenvalue weighted by atomic mass is 79.9. The van der Waals surface area contributed by atoms with Crippen LogP contribution in [0.25, 0.3) is 0 Å². The van der Waals surface area contributed by atoms with Gasteiger partial charge < -0.3 is 20.1 Å². The third-order valence-electron chi connectivity index (χ3n) is 3.33. The number of nitrogens with one attached hydrogen (secondary N) is 2. The van der Waals surface area contributed by atoms with E-state index in [0.717, 1.165) is 41.0 Å². The van der Waals surface area contributed by atoms with Crippen molar-refractivity contribution in [2.45, 2.75) is 25.4 Å². The minimum atomic E-state index is 0.149. The predicted octanol–water partition coefficient (Wildman–Crippen LogP) is 1.55.